The van der Waals surface area contributed by atoms with Crippen molar-refractivity contribution in [2.75, 3.05) is 13.1 Å². The van der Waals surface area contributed by atoms with Crippen LogP contribution >= 0.6 is 0 Å². The molecular formula is C18H19N5O2. The minimum atomic E-state index is -0.180. The minimum Gasteiger partial charge on any atom is -0.340 e. The lowest BCUT2D eigenvalue weighted by Gasteiger charge is -2.32. The van der Waals surface area contributed by atoms with Gasteiger partial charge in [-0.1, -0.05) is 12.1 Å². The highest BCUT2D eigenvalue weighted by molar-refractivity contribution is 5.79. The Morgan fingerprint density at radius 1 is 1.28 bits per heavy atom. The Labute approximate surface area is 144 Å². The predicted molar refractivity (Wildman–Crippen MR) is 93.1 cm³/mol. The average molecular weight is 337 g/mol. The number of rotatable bonds is 3. The van der Waals surface area contributed by atoms with Gasteiger partial charge in [0.25, 0.3) is 5.56 Å². The third-order valence-corrected chi connectivity index (χ3v) is 4.77. The van der Waals surface area contributed by atoms with Gasteiger partial charge < -0.3 is 4.90 Å². The van der Waals surface area contributed by atoms with Crippen molar-refractivity contribution in [2.24, 2.45) is 0 Å². The van der Waals surface area contributed by atoms with Crippen molar-refractivity contribution in [1.82, 2.24) is 24.6 Å². The molecule has 3 aromatic rings. The Kier molecular flexibility index (Phi) is 4.05. The molecule has 4 rings (SSSR count). The molecule has 1 atom stereocenters. The maximum Gasteiger partial charge on any atom is 0.261 e. The van der Waals surface area contributed by atoms with Crippen molar-refractivity contribution in [3.05, 3.63) is 58.9 Å². The lowest BCUT2D eigenvalue weighted by Crippen LogP contribution is -2.42. The van der Waals surface area contributed by atoms with Crippen molar-refractivity contribution >= 4 is 16.8 Å². The first-order valence-corrected chi connectivity index (χ1v) is 8.43. The smallest absolute Gasteiger partial charge is 0.261 e. The summed E-state index contributed by atoms with van der Waals surface area (Å²) in [5.74, 6) is 0.218. The molecule has 0 spiro atoms. The zero-order chi connectivity index (χ0) is 17.2. The van der Waals surface area contributed by atoms with E-state index in [4.69, 9.17) is 0 Å². The SMILES string of the molecule is O=C(Cn1cnc2ccccc2c1=O)N1CCC[C@@H](c2ccn[nH]2)C1. The zero-order valence-corrected chi connectivity index (χ0v) is 13.8. The highest BCUT2D eigenvalue weighted by Gasteiger charge is 2.25. The summed E-state index contributed by atoms with van der Waals surface area (Å²) in [6.07, 6.45) is 5.17. The number of H-pyrrole nitrogens is 1. The summed E-state index contributed by atoms with van der Waals surface area (Å²) in [4.78, 5) is 31.3. The molecule has 128 valence electrons. The fourth-order valence-corrected chi connectivity index (χ4v) is 3.42. The first kappa shape index (κ1) is 15.6. The molecule has 2 aromatic heterocycles. The van der Waals surface area contributed by atoms with Gasteiger partial charge in [0.2, 0.25) is 5.91 Å². The molecule has 1 fully saturated rings. The molecule has 1 saturated heterocycles. The molecular weight excluding hydrogens is 318 g/mol. The number of aromatic amines is 1. The molecule has 1 amide bonds. The van der Waals surface area contributed by atoms with E-state index in [-0.39, 0.29) is 23.9 Å². The van der Waals surface area contributed by atoms with Crippen LogP contribution in [0.1, 0.15) is 24.5 Å². The van der Waals surface area contributed by atoms with Gasteiger partial charge >= 0.3 is 0 Å². The van der Waals surface area contributed by atoms with E-state index in [1.165, 1.54) is 10.9 Å². The van der Waals surface area contributed by atoms with Crippen LogP contribution in [0.5, 0.6) is 0 Å². The second-order valence-electron chi connectivity index (χ2n) is 6.39. The van der Waals surface area contributed by atoms with Crippen LogP contribution < -0.4 is 5.56 Å². The first-order chi connectivity index (χ1) is 12.2. The fraction of sp³-hybridized carbons (Fsp3) is 0.333. The van der Waals surface area contributed by atoms with E-state index in [0.29, 0.717) is 17.4 Å². The fourth-order valence-electron chi connectivity index (χ4n) is 3.42. The van der Waals surface area contributed by atoms with Gasteiger partial charge in [-0.05, 0) is 31.0 Å². The van der Waals surface area contributed by atoms with Crippen LogP contribution in [0.2, 0.25) is 0 Å². The second-order valence-corrected chi connectivity index (χ2v) is 6.39. The molecule has 1 N–H and O–H groups in total. The standard InChI is InChI=1S/C18H19N5O2/c24-17(22-9-3-4-13(10-22)15-7-8-20-21-15)11-23-12-19-16-6-2-1-5-14(16)18(23)25/h1-2,5-8,12-13H,3-4,9-11H2,(H,20,21)/t13-/m1/s1. The number of nitrogens with zero attached hydrogens (tertiary/aromatic N) is 4. The van der Waals surface area contributed by atoms with Gasteiger partial charge in [0.1, 0.15) is 6.54 Å². The molecule has 0 aliphatic carbocycles. The van der Waals surface area contributed by atoms with E-state index >= 15 is 0 Å². The number of hydrogen-bond acceptors (Lipinski definition) is 4. The van der Waals surface area contributed by atoms with Crippen LogP contribution in [-0.4, -0.2) is 43.6 Å². The highest BCUT2D eigenvalue weighted by atomic mass is 16.2. The number of likely N-dealkylation sites (tertiary alicyclic amines) is 1. The van der Waals surface area contributed by atoms with Gasteiger partial charge in [-0.2, -0.15) is 5.10 Å². The number of amides is 1. The number of carbonyl (C=O) groups excluding carboxylic acids is 1. The number of fused-ring (bicyclic) bond motifs is 1. The van der Waals surface area contributed by atoms with E-state index in [9.17, 15) is 9.59 Å². The number of nitrogens with one attached hydrogen (secondary N) is 1. The second kappa shape index (κ2) is 6.51. The van der Waals surface area contributed by atoms with Crippen molar-refractivity contribution in [2.45, 2.75) is 25.3 Å². The molecule has 1 aromatic carbocycles. The van der Waals surface area contributed by atoms with E-state index in [1.807, 2.05) is 17.0 Å². The lowest BCUT2D eigenvalue weighted by molar-refractivity contribution is -0.133. The highest BCUT2D eigenvalue weighted by Crippen LogP contribution is 2.25. The molecule has 0 unspecified atom stereocenters. The normalized spacial score (nSPS) is 17.8. The Morgan fingerprint density at radius 3 is 3.00 bits per heavy atom. The minimum absolute atomic E-state index is 0.0202. The largest absolute Gasteiger partial charge is 0.340 e. The van der Waals surface area contributed by atoms with Crippen molar-refractivity contribution in [3.63, 3.8) is 0 Å². The molecule has 0 saturated carbocycles. The van der Waals surface area contributed by atoms with Gasteiger partial charge in [-0.3, -0.25) is 19.3 Å². The monoisotopic (exact) mass is 337 g/mol. The summed E-state index contributed by atoms with van der Waals surface area (Å²) in [7, 11) is 0. The maximum atomic E-state index is 12.7. The van der Waals surface area contributed by atoms with Crippen LogP contribution in [0.3, 0.4) is 0 Å². The average Bonchev–Trinajstić information content (AvgIpc) is 3.19. The summed E-state index contributed by atoms with van der Waals surface area (Å²) in [6, 6.07) is 9.13. The van der Waals surface area contributed by atoms with Gasteiger partial charge in [-0.15, -0.1) is 0 Å². The number of piperidine rings is 1. The first-order valence-electron chi connectivity index (χ1n) is 8.43. The lowest BCUT2D eigenvalue weighted by atomic mass is 9.95. The van der Waals surface area contributed by atoms with Crippen LogP contribution in [-0.2, 0) is 11.3 Å². The molecule has 1 aliphatic heterocycles. The van der Waals surface area contributed by atoms with Gasteiger partial charge in [0.15, 0.2) is 0 Å². The van der Waals surface area contributed by atoms with Crippen LogP contribution in [0.4, 0.5) is 0 Å². The molecule has 1 aliphatic rings. The Balaban J connectivity index is 1.52. The molecule has 25 heavy (non-hydrogen) atoms. The number of benzene rings is 1. The van der Waals surface area contributed by atoms with E-state index in [0.717, 1.165) is 25.1 Å². The Morgan fingerprint density at radius 2 is 2.16 bits per heavy atom. The Hall–Kier alpha value is -2.96. The van der Waals surface area contributed by atoms with Gasteiger partial charge in [0.05, 0.1) is 17.2 Å². The predicted octanol–water partition coefficient (Wildman–Crippen LogP) is 1.53. The van der Waals surface area contributed by atoms with Crippen LogP contribution in [0.15, 0.2) is 47.7 Å². The third-order valence-electron chi connectivity index (χ3n) is 4.77. The molecule has 3 heterocycles. The zero-order valence-electron chi connectivity index (χ0n) is 13.8. The summed E-state index contributed by atoms with van der Waals surface area (Å²) < 4.78 is 1.39. The van der Waals surface area contributed by atoms with Crippen LogP contribution in [0, 0.1) is 0 Å². The number of carbonyl (C=O) groups is 1. The van der Waals surface area contributed by atoms with Crippen molar-refractivity contribution < 1.29 is 4.79 Å². The number of aromatic nitrogens is 4. The number of para-hydroxylation sites is 1. The topological polar surface area (TPSA) is 83.9 Å². The summed E-state index contributed by atoms with van der Waals surface area (Å²) in [5.41, 5.74) is 1.52. The van der Waals surface area contributed by atoms with E-state index in [1.54, 1.807) is 24.4 Å². The van der Waals surface area contributed by atoms with E-state index < -0.39 is 0 Å². The van der Waals surface area contributed by atoms with E-state index in [2.05, 4.69) is 15.2 Å². The number of hydrogen-bond donors (Lipinski definition) is 1. The molecule has 0 bridgehead atoms. The molecule has 7 heteroatoms. The molecule has 7 nitrogen and oxygen atoms in total. The summed E-state index contributed by atoms with van der Waals surface area (Å²) in [6.45, 7) is 1.39. The van der Waals surface area contributed by atoms with Crippen molar-refractivity contribution in [3.8, 4) is 0 Å². The maximum absolute atomic E-state index is 12.7. The van der Waals surface area contributed by atoms with Crippen molar-refractivity contribution in [1.29, 1.82) is 0 Å². The molecule has 0 radical (unpaired) electrons. The quantitative estimate of drug-likeness (QED) is 0.785. The van der Waals surface area contributed by atoms with Crippen LogP contribution in [0.25, 0.3) is 10.9 Å². The van der Waals surface area contributed by atoms with Gasteiger partial charge in [0, 0.05) is 30.9 Å². The van der Waals surface area contributed by atoms with Gasteiger partial charge in [-0.25, -0.2) is 4.98 Å². The Bertz CT molecular complexity index is 948. The third kappa shape index (κ3) is 3.05. The summed E-state index contributed by atoms with van der Waals surface area (Å²) in [5, 5.41) is 7.52. The summed E-state index contributed by atoms with van der Waals surface area (Å²) >= 11 is 0.